The molecule has 124 valence electrons. The van der Waals surface area contributed by atoms with Crippen molar-refractivity contribution in [2.24, 2.45) is 0 Å². The fourth-order valence-corrected chi connectivity index (χ4v) is 2.70. The highest BCUT2D eigenvalue weighted by Gasteiger charge is 2.09. The zero-order chi connectivity index (χ0) is 16.9. The maximum Gasteiger partial charge on any atom is 0.315 e. The number of aromatic nitrogens is 2. The van der Waals surface area contributed by atoms with Gasteiger partial charge in [-0.15, -0.1) is 5.10 Å². The Morgan fingerprint density at radius 3 is 2.58 bits per heavy atom. The summed E-state index contributed by atoms with van der Waals surface area (Å²) in [6, 6.07) is 14.2. The molecule has 0 aliphatic carbocycles. The fraction of sp³-hybridized carbons (Fsp3) is 0.176. The van der Waals surface area contributed by atoms with E-state index in [0.29, 0.717) is 18.0 Å². The van der Waals surface area contributed by atoms with Gasteiger partial charge in [-0.3, -0.25) is 4.21 Å². The highest BCUT2D eigenvalue weighted by molar-refractivity contribution is 7.84. The minimum absolute atomic E-state index is 0.248. The zero-order valence-corrected chi connectivity index (χ0v) is 13.8. The molecule has 0 amide bonds. The molecule has 1 atom stereocenters. The number of hydrogen-bond acceptors (Lipinski definition) is 5. The van der Waals surface area contributed by atoms with Crippen LogP contribution in [0.2, 0.25) is 0 Å². The minimum atomic E-state index is -0.987. The largest absolute Gasteiger partial charge is 0.408 e. The van der Waals surface area contributed by atoms with E-state index in [-0.39, 0.29) is 18.3 Å². The second-order valence-corrected chi connectivity index (χ2v) is 6.60. The molecule has 1 N–H and O–H groups in total. The normalized spacial score (nSPS) is 12.1. The van der Waals surface area contributed by atoms with Crippen LogP contribution in [0.3, 0.4) is 0 Å². The lowest BCUT2D eigenvalue weighted by molar-refractivity contribution is 0.510. The lowest BCUT2D eigenvalue weighted by Gasteiger charge is -2.03. The molecule has 3 aromatic rings. The van der Waals surface area contributed by atoms with E-state index in [9.17, 15) is 8.60 Å². The predicted octanol–water partition coefficient (Wildman–Crippen LogP) is 3.15. The van der Waals surface area contributed by atoms with Crippen LogP contribution in [0.4, 0.5) is 10.4 Å². The predicted molar refractivity (Wildman–Crippen MR) is 89.6 cm³/mol. The van der Waals surface area contributed by atoms with Gasteiger partial charge in [-0.1, -0.05) is 35.4 Å². The Bertz CT molecular complexity index is 849. The SMILES string of the molecule is C[S@](=O)c1ccc(CNc2nnc(Cc3ccccc3F)o2)cc1. The topological polar surface area (TPSA) is 68.0 Å². The van der Waals surface area contributed by atoms with Crippen molar-refractivity contribution in [3.8, 4) is 0 Å². The Kier molecular flexibility index (Phi) is 5.00. The number of benzene rings is 2. The van der Waals surface area contributed by atoms with Gasteiger partial charge in [0.15, 0.2) is 0 Å². The molecule has 0 bridgehead atoms. The maximum atomic E-state index is 13.6. The van der Waals surface area contributed by atoms with Crippen LogP contribution in [0.15, 0.2) is 57.8 Å². The van der Waals surface area contributed by atoms with Crippen molar-refractivity contribution in [1.29, 1.82) is 0 Å². The Morgan fingerprint density at radius 2 is 1.88 bits per heavy atom. The second-order valence-electron chi connectivity index (χ2n) is 5.22. The van der Waals surface area contributed by atoms with E-state index in [0.717, 1.165) is 10.5 Å². The molecule has 3 rings (SSSR count). The van der Waals surface area contributed by atoms with Gasteiger partial charge < -0.3 is 9.73 Å². The average Bonchev–Trinajstić information content (AvgIpc) is 3.03. The quantitative estimate of drug-likeness (QED) is 0.743. The van der Waals surface area contributed by atoms with Gasteiger partial charge >= 0.3 is 6.01 Å². The first-order valence-corrected chi connectivity index (χ1v) is 8.89. The molecule has 5 nitrogen and oxygen atoms in total. The Morgan fingerprint density at radius 1 is 1.12 bits per heavy atom. The van der Waals surface area contributed by atoms with Crippen molar-refractivity contribution in [3.05, 3.63) is 71.4 Å². The summed E-state index contributed by atoms with van der Waals surface area (Å²) in [6.07, 6.45) is 1.89. The first kappa shape index (κ1) is 16.3. The van der Waals surface area contributed by atoms with E-state index in [1.54, 1.807) is 24.5 Å². The smallest absolute Gasteiger partial charge is 0.315 e. The molecule has 0 unspecified atom stereocenters. The Labute approximate surface area is 141 Å². The first-order chi connectivity index (χ1) is 11.6. The molecule has 0 spiro atoms. The summed E-state index contributed by atoms with van der Waals surface area (Å²) in [5.74, 6) is 0.0536. The van der Waals surface area contributed by atoms with Gasteiger partial charge in [-0.25, -0.2) is 4.39 Å². The molecule has 0 saturated heterocycles. The van der Waals surface area contributed by atoms with Crippen LogP contribution < -0.4 is 5.32 Å². The van der Waals surface area contributed by atoms with Crippen molar-refractivity contribution in [3.63, 3.8) is 0 Å². The first-order valence-electron chi connectivity index (χ1n) is 7.34. The lowest BCUT2D eigenvalue weighted by atomic mass is 10.1. The zero-order valence-electron chi connectivity index (χ0n) is 13.0. The summed E-state index contributed by atoms with van der Waals surface area (Å²) >= 11 is 0. The number of rotatable bonds is 6. The molecule has 0 radical (unpaired) electrons. The van der Waals surface area contributed by atoms with Gasteiger partial charge in [0.25, 0.3) is 0 Å². The summed E-state index contributed by atoms with van der Waals surface area (Å²) in [5, 5.41) is 10.8. The summed E-state index contributed by atoms with van der Waals surface area (Å²) in [4.78, 5) is 0.781. The molecule has 0 fully saturated rings. The summed E-state index contributed by atoms with van der Waals surface area (Å²) in [5.41, 5.74) is 1.51. The minimum Gasteiger partial charge on any atom is -0.408 e. The molecule has 0 saturated carbocycles. The van der Waals surface area contributed by atoms with Gasteiger partial charge in [-0.2, -0.15) is 0 Å². The van der Waals surface area contributed by atoms with Crippen LogP contribution in [-0.4, -0.2) is 20.7 Å². The number of nitrogens with zero attached hydrogens (tertiary/aromatic N) is 2. The Hall–Kier alpha value is -2.54. The van der Waals surface area contributed by atoms with Crippen LogP contribution in [-0.2, 0) is 23.8 Å². The van der Waals surface area contributed by atoms with E-state index in [4.69, 9.17) is 4.42 Å². The van der Waals surface area contributed by atoms with Crippen molar-refractivity contribution < 1.29 is 13.0 Å². The molecule has 0 aliphatic rings. The molecule has 7 heteroatoms. The van der Waals surface area contributed by atoms with E-state index >= 15 is 0 Å². The van der Waals surface area contributed by atoms with Gasteiger partial charge in [-0.05, 0) is 29.3 Å². The molecular weight excluding hydrogens is 329 g/mol. The van der Waals surface area contributed by atoms with Crippen LogP contribution in [0.1, 0.15) is 17.0 Å². The lowest BCUT2D eigenvalue weighted by Crippen LogP contribution is -2.00. The summed E-state index contributed by atoms with van der Waals surface area (Å²) in [6.45, 7) is 0.498. The summed E-state index contributed by atoms with van der Waals surface area (Å²) < 4.78 is 30.4. The third-order valence-corrected chi connectivity index (χ3v) is 4.40. The van der Waals surface area contributed by atoms with Crippen LogP contribution in [0.25, 0.3) is 0 Å². The highest BCUT2D eigenvalue weighted by atomic mass is 32.2. The third kappa shape index (κ3) is 4.05. The average molecular weight is 345 g/mol. The van der Waals surface area contributed by atoms with E-state index in [2.05, 4.69) is 15.5 Å². The molecule has 1 heterocycles. The number of halogens is 1. The Balaban J connectivity index is 1.60. The second kappa shape index (κ2) is 7.35. The van der Waals surface area contributed by atoms with Gasteiger partial charge in [0.2, 0.25) is 5.89 Å². The van der Waals surface area contributed by atoms with Gasteiger partial charge in [0.1, 0.15) is 5.82 Å². The number of hydrogen-bond donors (Lipinski definition) is 1. The van der Waals surface area contributed by atoms with Gasteiger partial charge in [0, 0.05) is 28.5 Å². The molecule has 2 aromatic carbocycles. The molecule has 24 heavy (non-hydrogen) atoms. The number of anilines is 1. The van der Waals surface area contributed by atoms with E-state index in [1.165, 1.54) is 6.07 Å². The third-order valence-electron chi connectivity index (χ3n) is 3.47. The van der Waals surface area contributed by atoms with E-state index in [1.807, 2.05) is 24.3 Å². The molecule has 0 aliphatic heterocycles. The van der Waals surface area contributed by atoms with E-state index < -0.39 is 10.8 Å². The van der Waals surface area contributed by atoms with Crippen LogP contribution in [0, 0.1) is 5.82 Å². The summed E-state index contributed by atoms with van der Waals surface area (Å²) in [7, 11) is -0.987. The van der Waals surface area contributed by atoms with Gasteiger partial charge in [0.05, 0.1) is 6.42 Å². The highest BCUT2D eigenvalue weighted by Crippen LogP contribution is 2.15. The standard InChI is InChI=1S/C17H16FN3O2S/c1-24(22)14-8-6-12(7-9-14)11-19-17-21-20-16(23-17)10-13-4-2-3-5-15(13)18/h2-9H,10-11H2,1H3,(H,19,21)/t24-/m0/s1. The van der Waals surface area contributed by atoms with Crippen molar-refractivity contribution in [2.75, 3.05) is 11.6 Å². The molecular formula is C17H16FN3O2S. The van der Waals surface area contributed by atoms with Crippen molar-refractivity contribution in [1.82, 2.24) is 10.2 Å². The fourth-order valence-electron chi connectivity index (χ4n) is 2.18. The van der Waals surface area contributed by atoms with Crippen molar-refractivity contribution in [2.45, 2.75) is 17.9 Å². The monoisotopic (exact) mass is 345 g/mol. The van der Waals surface area contributed by atoms with Crippen LogP contribution >= 0.6 is 0 Å². The van der Waals surface area contributed by atoms with Crippen LogP contribution in [0.5, 0.6) is 0 Å². The maximum absolute atomic E-state index is 13.6. The number of nitrogens with one attached hydrogen (secondary N) is 1. The molecule has 1 aromatic heterocycles. The van der Waals surface area contributed by atoms with Crippen molar-refractivity contribution >= 4 is 16.8 Å².